The van der Waals surface area contributed by atoms with Crippen LogP contribution < -0.4 is 0 Å². The molecule has 2 rings (SSSR count). The largest absolute Gasteiger partial charge is 0.508 e. The number of hydrogen-bond donors (Lipinski definition) is 1. The molecule has 0 unspecified atom stereocenters. The molecule has 3 nitrogen and oxygen atoms in total. The highest BCUT2D eigenvalue weighted by atomic mass is 19.4. The summed E-state index contributed by atoms with van der Waals surface area (Å²) >= 11 is 0. The average molecular weight is 316 g/mol. The van der Waals surface area contributed by atoms with Gasteiger partial charge in [-0.25, -0.2) is 0 Å². The predicted octanol–water partition coefficient (Wildman–Crippen LogP) is 3.18. The molecule has 0 bridgehead atoms. The maximum Gasteiger partial charge on any atom is 0.416 e. The van der Waals surface area contributed by atoms with E-state index in [0.717, 1.165) is 44.9 Å². The molecule has 124 valence electrons. The lowest BCUT2D eigenvalue weighted by atomic mass is 10.1. The second-order valence-electron chi connectivity index (χ2n) is 6.31. The zero-order valence-corrected chi connectivity index (χ0v) is 13.0. The van der Waals surface area contributed by atoms with E-state index in [1.165, 1.54) is 6.07 Å². The van der Waals surface area contributed by atoms with E-state index in [4.69, 9.17) is 0 Å². The van der Waals surface area contributed by atoms with E-state index in [1.807, 2.05) is 0 Å². The molecule has 6 heteroatoms. The molecular weight excluding hydrogens is 293 g/mol. The van der Waals surface area contributed by atoms with Crippen molar-refractivity contribution in [2.45, 2.75) is 26.6 Å². The number of piperazine rings is 1. The van der Waals surface area contributed by atoms with Gasteiger partial charge in [-0.15, -0.1) is 0 Å². The first-order valence-corrected chi connectivity index (χ1v) is 7.59. The maximum absolute atomic E-state index is 12.6. The van der Waals surface area contributed by atoms with Crippen LogP contribution >= 0.6 is 0 Å². The van der Waals surface area contributed by atoms with Gasteiger partial charge in [0.15, 0.2) is 0 Å². The Morgan fingerprint density at radius 3 is 2.18 bits per heavy atom. The Morgan fingerprint density at radius 1 is 1.09 bits per heavy atom. The van der Waals surface area contributed by atoms with Gasteiger partial charge in [-0.2, -0.15) is 13.2 Å². The lowest BCUT2D eigenvalue weighted by Crippen LogP contribution is -2.46. The third-order valence-electron chi connectivity index (χ3n) is 3.89. The number of phenolic OH excluding ortho intramolecular Hbond substituents is 1. The summed E-state index contributed by atoms with van der Waals surface area (Å²) in [7, 11) is 0. The van der Waals surface area contributed by atoms with Crippen LogP contribution in [0.3, 0.4) is 0 Å². The van der Waals surface area contributed by atoms with Gasteiger partial charge < -0.3 is 10.0 Å². The molecule has 0 aliphatic carbocycles. The highest BCUT2D eigenvalue weighted by Crippen LogP contribution is 2.33. The molecular formula is C16H23F3N2O. The third kappa shape index (κ3) is 4.61. The van der Waals surface area contributed by atoms with Crippen molar-refractivity contribution in [3.8, 4) is 5.75 Å². The van der Waals surface area contributed by atoms with E-state index in [2.05, 4.69) is 23.6 Å². The van der Waals surface area contributed by atoms with Crippen LogP contribution in [-0.2, 0) is 12.7 Å². The van der Waals surface area contributed by atoms with E-state index in [9.17, 15) is 18.3 Å². The molecule has 0 saturated carbocycles. The molecule has 1 aromatic rings. The number of rotatable bonds is 4. The molecule has 1 aromatic carbocycles. The summed E-state index contributed by atoms with van der Waals surface area (Å²) in [4.78, 5) is 4.56. The summed E-state index contributed by atoms with van der Waals surface area (Å²) in [6.07, 6.45) is -4.42. The minimum Gasteiger partial charge on any atom is -0.508 e. The fraction of sp³-hybridized carbons (Fsp3) is 0.625. The number of halogens is 3. The van der Waals surface area contributed by atoms with Gasteiger partial charge in [-0.3, -0.25) is 4.90 Å². The Balaban J connectivity index is 1.92. The van der Waals surface area contributed by atoms with E-state index in [1.54, 1.807) is 0 Å². The molecule has 1 saturated heterocycles. The van der Waals surface area contributed by atoms with Crippen molar-refractivity contribution in [3.63, 3.8) is 0 Å². The Bertz CT molecular complexity index is 495. The molecule has 1 aliphatic rings. The van der Waals surface area contributed by atoms with Crippen LogP contribution in [-0.4, -0.2) is 47.6 Å². The third-order valence-corrected chi connectivity index (χ3v) is 3.89. The second-order valence-corrected chi connectivity index (χ2v) is 6.31. The van der Waals surface area contributed by atoms with Crippen molar-refractivity contribution in [1.82, 2.24) is 9.80 Å². The standard InChI is InChI=1S/C16H23F3N2O/c1-12(2)10-20-5-7-21(8-6-20)11-13-3-4-14(9-15(13)22)16(17,18)19/h3-4,9,12,22H,5-8,10-11H2,1-2H3. The smallest absolute Gasteiger partial charge is 0.416 e. The zero-order chi connectivity index (χ0) is 16.3. The minimum atomic E-state index is -4.42. The maximum atomic E-state index is 12.6. The Kier molecular flexibility index (Phi) is 5.34. The molecule has 1 aliphatic heterocycles. The number of benzene rings is 1. The van der Waals surface area contributed by atoms with Gasteiger partial charge in [0.2, 0.25) is 0 Å². The Hall–Kier alpha value is -1.27. The van der Waals surface area contributed by atoms with Gasteiger partial charge >= 0.3 is 6.18 Å². The molecule has 22 heavy (non-hydrogen) atoms. The van der Waals surface area contributed by atoms with Crippen LogP contribution in [0.15, 0.2) is 18.2 Å². The molecule has 0 amide bonds. The number of nitrogens with zero attached hydrogens (tertiary/aromatic N) is 2. The van der Waals surface area contributed by atoms with Crippen molar-refractivity contribution in [2.24, 2.45) is 5.92 Å². The highest BCUT2D eigenvalue weighted by Gasteiger charge is 2.31. The lowest BCUT2D eigenvalue weighted by Gasteiger charge is -2.35. The minimum absolute atomic E-state index is 0.278. The van der Waals surface area contributed by atoms with Gasteiger partial charge in [0.25, 0.3) is 0 Å². The first-order valence-electron chi connectivity index (χ1n) is 7.59. The summed E-state index contributed by atoms with van der Waals surface area (Å²) in [5, 5.41) is 9.82. The fourth-order valence-electron chi connectivity index (χ4n) is 2.76. The van der Waals surface area contributed by atoms with Crippen molar-refractivity contribution in [3.05, 3.63) is 29.3 Å². The van der Waals surface area contributed by atoms with Crippen molar-refractivity contribution >= 4 is 0 Å². The summed E-state index contributed by atoms with van der Waals surface area (Å²) in [5.74, 6) is 0.352. The quantitative estimate of drug-likeness (QED) is 0.924. The van der Waals surface area contributed by atoms with Crippen LogP contribution in [0.25, 0.3) is 0 Å². The van der Waals surface area contributed by atoms with Crippen LogP contribution in [0.2, 0.25) is 0 Å². The lowest BCUT2D eigenvalue weighted by molar-refractivity contribution is -0.137. The summed E-state index contributed by atoms with van der Waals surface area (Å²) in [6.45, 7) is 9.58. The van der Waals surface area contributed by atoms with Gasteiger partial charge in [-0.05, 0) is 18.1 Å². The molecule has 1 N–H and O–H groups in total. The topological polar surface area (TPSA) is 26.7 Å². The first-order chi connectivity index (χ1) is 10.3. The summed E-state index contributed by atoms with van der Waals surface area (Å²) < 4.78 is 37.7. The molecule has 0 spiro atoms. The monoisotopic (exact) mass is 316 g/mol. The van der Waals surface area contributed by atoms with E-state index in [-0.39, 0.29) is 5.75 Å². The van der Waals surface area contributed by atoms with Crippen molar-refractivity contribution in [2.75, 3.05) is 32.7 Å². The number of alkyl halides is 3. The number of hydrogen-bond acceptors (Lipinski definition) is 3. The van der Waals surface area contributed by atoms with E-state index < -0.39 is 11.7 Å². The van der Waals surface area contributed by atoms with Gasteiger partial charge in [0.05, 0.1) is 5.56 Å². The molecule has 0 aromatic heterocycles. The normalized spacial score (nSPS) is 18.1. The van der Waals surface area contributed by atoms with Crippen LogP contribution in [0.4, 0.5) is 13.2 Å². The fourth-order valence-corrected chi connectivity index (χ4v) is 2.76. The predicted molar refractivity (Wildman–Crippen MR) is 79.7 cm³/mol. The molecule has 1 fully saturated rings. The van der Waals surface area contributed by atoms with Crippen molar-refractivity contribution < 1.29 is 18.3 Å². The Morgan fingerprint density at radius 2 is 1.68 bits per heavy atom. The zero-order valence-electron chi connectivity index (χ0n) is 13.0. The number of aromatic hydroxyl groups is 1. The van der Waals surface area contributed by atoms with Crippen LogP contribution in [0.1, 0.15) is 25.0 Å². The average Bonchev–Trinajstić information content (AvgIpc) is 2.41. The summed E-state index contributed by atoms with van der Waals surface area (Å²) in [6, 6.07) is 3.22. The van der Waals surface area contributed by atoms with E-state index >= 15 is 0 Å². The van der Waals surface area contributed by atoms with Crippen LogP contribution in [0, 0.1) is 5.92 Å². The van der Waals surface area contributed by atoms with Crippen LogP contribution in [0.5, 0.6) is 5.75 Å². The summed E-state index contributed by atoms with van der Waals surface area (Å²) in [5.41, 5.74) is -0.263. The number of phenols is 1. The van der Waals surface area contributed by atoms with E-state index in [0.29, 0.717) is 18.0 Å². The SMILES string of the molecule is CC(C)CN1CCN(Cc2ccc(C(F)(F)F)cc2O)CC1. The van der Waals surface area contributed by atoms with Gasteiger partial charge in [-0.1, -0.05) is 19.9 Å². The Labute approximate surface area is 129 Å². The van der Waals surface area contributed by atoms with Crippen molar-refractivity contribution in [1.29, 1.82) is 0 Å². The first kappa shape index (κ1) is 17.1. The molecule has 0 radical (unpaired) electrons. The molecule has 1 heterocycles. The highest BCUT2D eigenvalue weighted by molar-refractivity contribution is 5.37. The van der Waals surface area contributed by atoms with Gasteiger partial charge in [0, 0.05) is 44.8 Å². The molecule has 0 atom stereocenters. The van der Waals surface area contributed by atoms with Gasteiger partial charge in [0.1, 0.15) is 5.75 Å². The second kappa shape index (κ2) is 6.87.